The average Bonchev–Trinajstić information content (AvgIpc) is 2.89. The monoisotopic (exact) mass is 277 g/mol. The number of nitrogens with one attached hydrogen (secondary N) is 1. The van der Waals surface area contributed by atoms with Crippen molar-refractivity contribution in [1.82, 2.24) is 15.2 Å². The van der Waals surface area contributed by atoms with Crippen LogP contribution in [0.15, 0.2) is 18.3 Å². The molecule has 1 fully saturated rings. The van der Waals surface area contributed by atoms with Crippen LogP contribution in [0.4, 0.5) is 0 Å². The van der Waals surface area contributed by atoms with E-state index in [4.69, 9.17) is 4.74 Å². The van der Waals surface area contributed by atoms with Gasteiger partial charge in [0, 0.05) is 25.9 Å². The lowest BCUT2D eigenvalue weighted by Gasteiger charge is -2.33. The molecule has 0 spiro atoms. The van der Waals surface area contributed by atoms with E-state index < -0.39 is 5.54 Å². The van der Waals surface area contributed by atoms with Gasteiger partial charge >= 0.3 is 0 Å². The first-order chi connectivity index (χ1) is 9.52. The molecule has 1 atom stereocenters. The van der Waals surface area contributed by atoms with Crippen LogP contribution in [-0.2, 0) is 4.79 Å². The van der Waals surface area contributed by atoms with Gasteiger partial charge in [-0.05, 0) is 25.8 Å². The van der Waals surface area contributed by atoms with E-state index in [1.807, 2.05) is 0 Å². The van der Waals surface area contributed by atoms with Crippen LogP contribution in [0.3, 0.4) is 0 Å². The predicted octanol–water partition coefficient (Wildman–Crippen LogP) is 0.831. The number of carbonyl (C=O) groups excluding carboxylic acids is 2. The second-order valence-corrected chi connectivity index (χ2v) is 5.00. The maximum Gasteiger partial charge on any atom is 0.256 e. The van der Waals surface area contributed by atoms with Gasteiger partial charge in [-0.15, -0.1) is 0 Å². The van der Waals surface area contributed by atoms with E-state index in [0.717, 1.165) is 6.42 Å². The zero-order valence-corrected chi connectivity index (χ0v) is 12.0. The highest BCUT2D eigenvalue weighted by Crippen LogP contribution is 2.30. The molecule has 0 radical (unpaired) electrons. The molecular formula is C14H19N3O3. The number of aromatic nitrogens is 1. The van der Waals surface area contributed by atoms with Crippen molar-refractivity contribution in [3.8, 4) is 5.88 Å². The Morgan fingerprint density at radius 3 is 2.75 bits per heavy atom. The van der Waals surface area contributed by atoms with Crippen molar-refractivity contribution < 1.29 is 14.3 Å². The summed E-state index contributed by atoms with van der Waals surface area (Å²) in [6.45, 7) is 2.38. The number of likely N-dealkylation sites (N-methyl/N-ethyl adjacent to an activating group) is 1. The molecule has 1 N–H and O–H groups in total. The molecule has 108 valence electrons. The SMILES string of the molecule is CNC(=O)[C@]1(C)CCCN1C(=O)c1ccc(OC)nc1. The maximum absolute atomic E-state index is 12.5. The quantitative estimate of drug-likeness (QED) is 0.888. The molecule has 0 saturated carbocycles. The van der Waals surface area contributed by atoms with Gasteiger partial charge in [-0.2, -0.15) is 0 Å². The van der Waals surface area contributed by atoms with Crippen molar-refractivity contribution >= 4 is 11.8 Å². The van der Waals surface area contributed by atoms with Gasteiger partial charge in [0.05, 0.1) is 12.7 Å². The van der Waals surface area contributed by atoms with Crippen molar-refractivity contribution in [3.05, 3.63) is 23.9 Å². The highest BCUT2D eigenvalue weighted by Gasteiger charge is 2.45. The fourth-order valence-corrected chi connectivity index (χ4v) is 2.58. The average molecular weight is 277 g/mol. The summed E-state index contributed by atoms with van der Waals surface area (Å²) < 4.78 is 4.97. The first kappa shape index (κ1) is 14.3. The third-order valence-electron chi connectivity index (χ3n) is 3.79. The van der Waals surface area contributed by atoms with E-state index >= 15 is 0 Å². The molecule has 1 aromatic rings. The second kappa shape index (κ2) is 5.48. The van der Waals surface area contributed by atoms with Gasteiger partial charge in [-0.25, -0.2) is 4.98 Å². The van der Waals surface area contributed by atoms with Crippen LogP contribution >= 0.6 is 0 Å². The minimum Gasteiger partial charge on any atom is -0.481 e. The van der Waals surface area contributed by atoms with Crippen molar-refractivity contribution in [3.63, 3.8) is 0 Å². The first-order valence-electron chi connectivity index (χ1n) is 6.57. The van der Waals surface area contributed by atoms with E-state index in [1.54, 1.807) is 31.0 Å². The molecule has 0 aliphatic carbocycles. The Morgan fingerprint density at radius 2 is 2.20 bits per heavy atom. The molecule has 2 amide bonds. The molecule has 6 heteroatoms. The summed E-state index contributed by atoms with van der Waals surface area (Å²) in [5.41, 5.74) is -0.325. The van der Waals surface area contributed by atoms with Crippen molar-refractivity contribution in [1.29, 1.82) is 0 Å². The van der Waals surface area contributed by atoms with Gasteiger partial charge in [-0.3, -0.25) is 9.59 Å². The van der Waals surface area contributed by atoms with Crippen LogP contribution < -0.4 is 10.1 Å². The summed E-state index contributed by atoms with van der Waals surface area (Å²) in [7, 11) is 3.11. The normalized spacial score (nSPS) is 21.6. The molecule has 1 aliphatic rings. The minimum atomic E-state index is -0.786. The molecule has 2 heterocycles. The number of ether oxygens (including phenoxy) is 1. The van der Waals surface area contributed by atoms with Crippen LogP contribution in [0.25, 0.3) is 0 Å². The van der Waals surface area contributed by atoms with Gasteiger partial charge in [0.15, 0.2) is 0 Å². The first-order valence-corrected chi connectivity index (χ1v) is 6.57. The summed E-state index contributed by atoms with van der Waals surface area (Å²) in [4.78, 5) is 30.2. The van der Waals surface area contributed by atoms with Gasteiger partial charge < -0.3 is 15.0 Å². The number of pyridine rings is 1. The van der Waals surface area contributed by atoms with E-state index in [9.17, 15) is 9.59 Å². The fraction of sp³-hybridized carbons (Fsp3) is 0.500. The molecular weight excluding hydrogens is 258 g/mol. The van der Waals surface area contributed by atoms with Gasteiger partial charge in [0.1, 0.15) is 5.54 Å². The minimum absolute atomic E-state index is 0.134. The lowest BCUT2D eigenvalue weighted by molar-refractivity contribution is -0.129. The second-order valence-electron chi connectivity index (χ2n) is 5.00. The van der Waals surface area contributed by atoms with E-state index in [-0.39, 0.29) is 11.8 Å². The van der Waals surface area contributed by atoms with Gasteiger partial charge in [-0.1, -0.05) is 0 Å². The molecule has 1 saturated heterocycles. The molecule has 6 nitrogen and oxygen atoms in total. The van der Waals surface area contributed by atoms with Crippen LogP contribution in [0.5, 0.6) is 5.88 Å². The Hall–Kier alpha value is -2.11. The largest absolute Gasteiger partial charge is 0.481 e. The highest BCUT2D eigenvalue weighted by atomic mass is 16.5. The molecule has 0 aromatic carbocycles. The van der Waals surface area contributed by atoms with Gasteiger partial charge in [0.2, 0.25) is 11.8 Å². The third kappa shape index (κ3) is 2.33. The summed E-state index contributed by atoms with van der Waals surface area (Å²) in [6, 6.07) is 3.30. The summed E-state index contributed by atoms with van der Waals surface area (Å²) in [6.07, 6.45) is 2.96. The number of hydrogen-bond acceptors (Lipinski definition) is 4. The molecule has 0 bridgehead atoms. The maximum atomic E-state index is 12.5. The zero-order chi connectivity index (χ0) is 14.8. The van der Waals surface area contributed by atoms with E-state index in [1.165, 1.54) is 13.3 Å². The highest BCUT2D eigenvalue weighted by molar-refractivity contribution is 5.99. The number of hydrogen-bond donors (Lipinski definition) is 1. The number of likely N-dealkylation sites (tertiary alicyclic amines) is 1. The lowest BCUT2D eigenvalue weighted by Crippen LogP contribution is -2.54. The number of carbonyl (C=O) groups is 2. The molecule has 1 aliphatic heterocycles. The smallest absolute Gasteiger partial charge is 0.256 e. The van der Waals surface area contributed by atoms with Crippen molar-refractivity contribution in [2.45, 2.75) is 25.3 Å². The Kier molecular flexibility index (Phi) is 3.92. The summed E-state index contributed by atoms with van der Waals surface area (Å²) >= 11 is 0. The lowest BCUT2D eigenvalue weighted by atomic mass is 9.97. The van der Waals surface area contributed by atoms with E-state index in [2.05, 4.69) is 10.3 Å². The summed E-state index contributed by atoms with van der Waals surface area (Å²) in [5.74, 6) is 0.144. The standard InChI is InChI=1S/C14H19N3O3/c1-14(13(19)15-2)7-4-8-17(14)12(18)10-5-6-11(20-3)16-9-10/h5-6,9H,4,7-8H2,1-3H3,(H,15,19)/t14-/m0/s1. The van der Waals surface area contributed by atoms with E-state index in [0.29, 0.717) is 24.4 Å². The fourth-order valence-electron chi connectivity index (χ4n) is 2.58. The molecule has 1 aromatic heterocycles. The Labute approximate surface area is 118 Å². The predicted molar refractivity (Wildman–Crippen MR) is 73.5 cm³/mol. The Bertz CT molecular complexity index is 515. The van der Waals surface area contributed by atoms with Crippen LogP contribution in [0, 0.1) is 0 Å². The Balaban J connectivity index is 2.25. The molecule has 20 heavy (non-hydrogen) atoms. The third-order valence-corrected chi connectivity index (χ3v) is 3.79. The number of amides is 2. The number of methoxy groups -OCH3 is 1. The number of rotatable bonds is 3. The van der Waals surface area contributed by atoms with Crippen LogP contribution in [0.2, 0.25) is 0 Å². The summed E-state index contributed by atoms with van der Waals surface area (Å²) in [5, 5.41) is 2.63. The van der Waals surface area contributed by atoms with Crippen molar-refractivity contribution in [2.24, 2.45) is 0 Å². The molecule has 0 unspecified atom stereocenters. The van der Waals surface area contributed by atoms with Gasteiger partial charge in [0.25, 0.3) is 5.91 Å². The number of nitrogens with zero attached hydrogens (tertiary/aromatic N) is 2. The topological polar surface area (TPSA) is 71.5 Å². The Morgan fingerprint density at radius 1 is 1.45 bits per heavy atom. The zero-order valence-electron chi connectivity index (χ0n) is 12.0. The van der Waals surface area contributed by atoms with Crippen LogP contribution in [-0.4, -0.2) is 47.9 Å². The van der Waals surface area contributed by atoms with Crippen molar-refractivity contribution in [2.75, 3.05) is 20.7 Å². The van der Waals surface area contributed by atoms with Crippen LogP contribution in [0.1, 0.15) is 30.1 Å². The molecule has 2 rings (SSSR count).